The Hall–Kier alpha value is -2.55. The summed E-state index contributed by atoms with van der Waals surface area (Å²) >= 11 is -3.05. The van der Waals surface area contributed by atoms with Crippen LogP contribution >= 0.6 is 0 Å². The average Bonchev–Trinajstić information content (AvgIpc) is 3.65. The molecule has 1 saturated heterocycles. The summed E-state index contributed by atoms with van der Waals surface area (Å²) in [4.78, 5) is 0. The number of hydrogen-bond donors (Lipinski definition) is 0. The molecular formula is C43H50HfSi. The standard InChI is InChI=1S/C41H44Si.2CH3.Hf/c1-7-8-23-42(6,36-24-34-11-9-13-38(40(34)26-36)32-19-15-30(16-20-32)28(2)3)37-25-35-12-10-14-39(41(35)27-37)33-21-17-31(18-22-33)29(4)5;;;/h9-22,24-29H,7-8,23H2,1-6H3;2*1H3;. The summed E-state index contributed by atoms with van der Waals surface area (Å²) in [5.41, 5.74) is 14.9. The number of rotatable bonds is 7. The summed E-state index contributed by atoms with van der Waals surface area (Å²) in [6.45, 7) is 14.3. The Kier molecular flexibility index (Phi) is 8.01. The van der Waals surface area contributed by atoms with Gasteiger partial charge in [-0.15, -0.1) is 0 Å². The minimum absolute atomic E-state index is 0.557. The summed E-state index contributed by atoms with van der Waals surface area (Å²) in [7, 11) is -1.92. The Morgan fingerprint density at radius 3 is 1.42 bits per heavy atom. The number of hydrogen-bond acceptors (Lipinski definition) is 0. The third kappa shape index (κ3) is 4.92. The third-order valence-electron chi connectivity index (χ3n) is 11.7. The van der Waals surface area contributed by atoms with Crippen LogP contribution in [0.1, 0.15) is 100 Å². The van der Waals surface area contributed by atoms with Crippen molar-refractivity contribution in [3.05, 3.63) is 129 Å². The van der Waals surface area contributed by atoms with Crippen molar-refractivity contribution in [2.24, 2.45) is 0 Å². The Labute approximate surface area is 278 Å². The molecule has 0 radical (unpaired) electrons. The van der Waals surface area contributed by atoms with Crippen molar-refractivity contribution in [3.8, 4) is 22.3 Å². The molecule has 0 aromatic heterocycles. The van der Waals surface area contributed by atoms with E-state index in [0.717, 1.165) is 0 Å². The molecule has 1 aliphatic heterocycles. The van der Waals surface area contributed by atoms with E-state index in [9.17, 15) is 0 Å². The van der Waals surface area contributed by atoms with Crippen LogP contribution in [0.5, 0.6) is 0 Å². The molecule has 0 nitrogen and oxygen atoms in total. The van der Waals surface area contributed by atoms with Gasteiger partial charge in [-0.1, -0.05) is 0 Å². The van der Waals surface area contributed by atoms with Crippen molar-refractivity contribution in [1.29, 1.82) is 0 Å². The molecule has 1 fully saturated rings. The van der Waals surface area contributed by atoms with E-state index in [0.29, 0.717) is 19.2 Å². The van der Waals surface area contributed by atoms with Gasteiger partial charge < -0.3 is 0 Å². The van der Waals surface area contributed by atoms with Gasteiger partial charge in [0.15, 0.2) is 0 Å². The van der Waals surface area contributed by atoms with Gasteiger partial charge in [0.2, 0.25) is 0 Å². The quantitative estimate of drug-likeness (QED) is 0.164. The zero-order valence-corrected chi connectivity index (χ0v) is 33.3. The molecule has 230 valence electrons. The predicted molar refractivity (Wildman–Crippen MR) is 196 cm³/mol. The van der Waals surface area contributed by atoms with Gasteiger partial charge in [0, 0.05) is 0 Å². The molecule has 2 aliphatic carbocycles. The van der Waals surface area contributed by atoms with Crippen LogP contribution in [0.25, 0.3) is 34.4 Å². The number of allylic oxidation sites excluding steroid dienone is 2. The molecule has 0 saturated carbocycles. The molecule has 0 spiro atoms. The van der Waals surface area contributed by atoms with E-state index in [4.69, 9.17) is 0 Å². The minimum atomic E-state index is -3.05. The molecule has 0 N–H and O–H groups in total. The van der Waals surface area contributed by atoms with Gasteiger partial charge in [0.1, 0.15) is 0 Å². The van der Waals surface area contributed by atoms with Crippen molar-refractivity contribution < 1.29 is 20.0 Å². The van der Waals surface area contributed by atoms with Crippen molar-refractivity contribution in [2.45, 2.75) is 88.6 Å². The first-order chi connectivity index (χ1) is 21.6. The van der Waals surface area contributed by atoms with Crippen LogP contribution in [0.4, 0.5) is 0 Å². The Morgan fingerprint density at radius 1 is 0.622 bits per heavy atom. The molecule has 0 bridgehead atoms. The van der Waals surface area contributed by atoms with Crippen LogP contribution in [0, 0.1) is 0 Å². The van der Waals surface area contributed by atoms with Crippen molar-refractivity contribution >= 4 is 20.2 Å². The predicted octanol–water partition coefficient (Wildman–Crippen LogP) is 13.1. The Balaban J connectivity index is 1.40. The van der Waals surface area contributed by atoms with Gasteiger partial charge in [-0.2, -0.15) is 0 Å². The second-order valence-electron chi connectivity index (χ2n) is 15.5. The molecule has 2 heteroatoms. The second kappa shape index (κ2) is 11.6. The monoisotopic (exact) mass is 774 g/mol. The molecule has 4 aromatic carbocycles. The normalized spacial score (nSPS) is 22.5. The number of unbranched alkanes of at least 4 members (excludes halogenated alkanes) is 1. The van der Waals surface area contributed by atoms with Gasteiger partial charge in [0.25, 0.3) is 0 Å². The first kappa shape index (κ1) is 31.1. The van der Waals surface area contributed by atoms with Crippen LogP contribution in [0.3, 0.4) is 0 Å². The number of benzene rings is 4. The molecule has 45 heavy (non-hydrogen) atoms. The fourth-order valence-corrected chi connectivity index (χ4v) is 41.7. The van der Waals surface area contributed by atoms with Gasteiger partial charge in [-0.05, 0) is 0 Å². The van der Waals surface area contributed by atoms with Crippen LogP contribution < -0.4 is 0 Å². The summed E-state index contributed by atoms with van der Waals surface area (Å²) in [5, 5.41) is 3.75. The fourth-order valence-electron chi connectivity index (χ4n) is 9.11. The second-order valence-corrected chi connectivity index (χ2v) is 37.0. The van der Waals surface area contributed by atoms with Crippen molar-refractivity contribution in [2.75, 3.05) is 0 Å². The third-order valence-corrected chi connectivity index (χ3v) is 33.7. The zero-order valence-electron chi connectivity index (χ0n) is 28.7. The van der Waals surface area contributed by atoms with E-state index in [1.54, 1.807) is 11.1 Å². The molecule has 7 rings (SSSR count). The molecular weight excluding hydrogens is 723 g/mol. The molecule has 2 unspecified atom stereocenters. The Bertz CT molecular complexity index is 1690. The molecule has 1 heterocycles. The van der Waals surface area contributed by atoms with Gasteiger partial charge in [0.05, 0.1) is 0 Å². The average molecular weight is 773 g/mol. The van der Waals surface area contributed by atoms with Gasteiger partial charge in [-0.3, -0.25) is 0 Å². The maximum atomic E-state index is 2.80. The zero-order chi connectivity index (χ0) is 31.7. The molecule has 0 amide bonds. The molecule has 4 aromatic rings. The van der Waals surface area contributed by atoms with Crippen LogP contribution in [-0.4, -0.2) is 8.07 Å². The number of fused-ring (bicyclic) bond motifs is 6. The SMILES string of the molecule is CCCC[Si]1(C)C2=Cc3c(-c4ccc(C(C)C)cc4)cccc3[CH]2[Hf]([CH3])([CH3])[CH]2C1=Cc1c(-c3ccc(C(C)C)cc3)cccc12. The fraction of sp³-hybridized carbons (Fsp3) is 0.349. The summed E-state index contributed by atoms with van der Waals surface area (Å²) in [6.07, 6.45) is 8.10. The Morgan fingerprint density at radius 2 is 1.04 bits per heavy atom. The van der Waals surface area contributed by atoms with Crippen LogP contribution in [-0.2, 0) is 20.0 Å². The van der Waals surface area contributed by atoms with E-state index in [1.165, 1.54) is 63.4 Å². The van der Waals surface area contributed by atoms with Gasteiger partial charge in [-0.25, -0.2) is 0 Å². The van der Waals surface area contributed by atoms with E-state index in [1.807, 2.05) is 10.4 Å². The topological polar surface area (TPSA) is 0 Å². The van der Waals surface area contributed by atoms with Crippen LogP contribution in [0.15, 0.2) is 95.3 Å². The van der Waals surface area contributed by atoms with E-state index in [-0.39, 0.29) is 0 Å². The maximum absolute atomic E-state index is 3.05. The van der Waals surface area contributed by atoms with Gasteiger partial charge >= 0.3 is 280 Å². The van der Waals surface area contributed by atoms with E-state index in [2.05, 4.69) is 148 Å². The van der Waals surface area contributed by atoms with Crippen molar-refractivity contribution in [1.82, 2.24) is 0 Å². The first-order valence-electron chi connectivity index (χ1n) is 17.5. The van der Waals surface area contributed by atoms with E-state index < -0.39 is 28.0 Å². The summed E-state index contributed by atoms with van der Waals surface area (Å²) in [5.74, 6) is 1.11. The first-order valence-corrected chi connectivity index (χ1v) is 31.5. The molecule has 3 aliphatic rings. The summed E-state index contributed by atoms with van der Waals surface area (Å²) in [6, 6.07) is 34.8. The summed E-state index contributed by atoms with van der Waals surface area (Å²) < 4.78 is 6.96. The molecule has 2 atom stereocenters. The van der Waals surface area contributed by atoms with E-state index >= 15 is 0 Å². The van der Waals surface area contributed by atoms with Crippen LogP contribution in [0.2, 0.25) is 22.0 Å². The van der Waals surface area contributed by atoms with Crippen molar-refractivity contribution in [3.63, 3.8) is 0 Å².